The van der Waals surface area contributed by atoms with Crippen LogP contribution in [0.5, 0.6) is 0 Å². The lowest BCUT2D eigenvalue weighted by molar-refractivity contribution is -0.128. The van der Waals surface area contributed by atoms with Gasteiger partial charge in [-0.15, -0.1) is 0 Å². The van der Waals surface area contributed by atoms with Crippen molar-refractivity contribution < 1.29 is 14.0 Å². The fourth-order valence-corrected chi connectivity index (χ4v) is 3.28. The molecule has 0 saturated carbocycles. The zero-order valence-corrected chi connectivity index (χ0v) is 15.2. The van der Waals surface area contributed by atoms with Crippen molar-refractivity contribution >= 4 is 11.8 Å². The van der Waals surface area contributed by atoms with Gasteiger partial charge in [0, 0.05) is 30.8 Å². The maximum absolute atomic E-state index is 13.3. The van der Waals surface area contributed by atoms with Gasteiger partial charge in [-0.2, -0.15) is 0 Å². The minimum absolute atomic E-state index is 0.0942. The Morgan fingerprint density at radius 1 is 1.37 bits per heavy atom. The van der Waals surface area contributed by atoms with Gasteiger partial charge < -0.3 is 15.2 Å². The summed E-state index contributed by atoms with van der Waals surface area (Å²) >= 11 is 0. The van der Waals surface area contributed by atoms with Crippen LogP contribution in [0.3, 0.4) is 0 Å². The van der Waals surface area contributed by atoms with Gasteiger partial charge in [0.1, 0.15) is 11.6 Å². The number of likely N-dealkylation sites (tertiary alicyclic amines) is 1. The van der Waals surface area contributed by atoms with Gasteiger partial charge in [0.05, 0.1) is 12.5 Å². The third kappa shape index (κ3) is 4.58. The summed E-state index contributed by atoms with van der Waals surface area (Å²) in [6.07, 6.45) is 0.0889. The molecule has 142 valence electrons. The van der Waals surface area contributed by atoms with E-state index in [1.165, 1.54) is 12.1 Å². The van der Waals surface area contributed by atoms with Crippen LogP contribution in [-0.2, 0) is 22.6 Å². The summed E-state index contributed by atoms with van der Waals surface area (Å²) in [4.78, 5) is 44.8. The van der Waals surface area contributed by atoms with Gasteiger partial charge in [0.15, 0.2) is 0 Å². The number of nitrogens with zero attached hydrogens (tertiary/aromatic N) is 2. The quantitative estimate of drug-likeness (QED) is 0.818. The van der Waals surface area contributed by atoms with Crippen LogP contribution in [0.1, 0.15) is 29.1 Å². The summed E-state index contributed by atoms with van der Waals surface area (Å²) in [5.74, 6) is -0.289. The molecule has 27 heavy (non-hydrogen) atoms. The second-order valence-corrected chi connectivity index (χ2v) is 6.76. The van der Waals surface area contributed by atoms with Crippen LogP contribution in [0, 0.1) is 19.7 Å². The molecule has 2 heterocycles. The van der Waals surface area contributed by atoms with Crippen LogP contribution < -0.4 is 10.9 Å². The molecule has 8 heteroatoms. The summed E-state index contributed by atoms with van der Waals surface area (Å²) in [5.41, 5.74) is 1.20. The smallest absolute Gasteiger partial charge is 0.254 e. The van der Waals surface area contributed by atoms with E-state index >= 15 is 0 Å². The maximum atomic E-state index is 13.3. The second kappa shape index (κ2) is 7.69. The SMILES string of the molecule is Cc1nc(C)c(CC(=O)N[C@@H]2CC(=O)N(Cc3cccc(F)c3)C2)c(=O)[nH]1. The van der Waals surface area contributed by atoms with Crippen LogP contribution >= 0.6 is 0 Å². The van der Waals surface area contributed by atoms with Crippen molar-refractivity contribution in [1.82, 2.24) is 20.2 Å². The van der Waals surface area contributed by atoms with Gasteiger partial charge in [0.25, 0.3) is 5.56 Å². The molecule has 0 radical (unpaired) electrons. The highest BCUT2D eigenvalue weighted by Crippen LogP contribution is 2.16. The highest BCUT2D eigenvalue weighted by Gasteiger charge is 2.30. The molecule has 1 atom stereocenters. The molecule has 1 aromatic carbocycles. The number of aryl methyl sites for hydroxylation is 2. The molecule has 0 bridgehead atoms. The molecule has 2 aromatic rings. The predicted molar refractivity (Wildman–Crippen MR) is 96.4 cm³/mol. The van der Waals surface area contributed by atoms with E-state index in [4.69, 9.17) is 0 Å². The number of hydrogen-bond acceptors (Lipinski definition) is 4. The molecule has 2 amide bonds. The number of aromatic nitrogens is 2. The van der Waals surface area contributed by atoms with E-state index in [1.54, 1.807) is 30.9 Å². The lowest BCUT2D eigenvalue weighted by Crippen LogP contribution is -2.39. The molecular weight excluding hydrogens is 351 g/mol. The average Bonchev–Trinajstić information content (AvgIpc) is 2.90. The van der Waals surface area contributed by atoms with E-state index < -0.39 is 0 Å². The van der Waals surface area contributed by atoms with Crippen molar-refractivity contribution in [2.45, 2.75) is 39.3 Å². The van der Waals surface area contributed by atoms with Gasteiger partial charge in [0.2, 0.25) is 11.8 Å². The first kappa shape index (κ1) is 18.8. The molecule has 1 aliphatic rings. The van der Waals surface area contributed by atoms with Crippen molar-refractivity contribution in [3.8, 4) is 0 Å². The van der Waals surface area contributed by atoms with Crippen LogP contribution in [-0.4, -0.2) is 39.3 Å². The van der Waals surface area contributed by atoms with Crippen molar-refractivity contribution in [1.29, 1.82) is 0 Å². The van der Waals surface area contributed by atoms with Crippen LogP contribution in [0.2, 0.25) is 0 Å². The summed E-state index contributed by atoms with van der Waals surface area (Å²) in [6.45, 7) is 4.01. The molecule has 1 aromatic heterocycles. The van der Waals surface area contributed by atoms with Crippen molar-refractivity contribution in [3.05, 3.63) is 63.1 Å². The van der Waals surface area contributed by atoms with Gasteiger partial charge >= 0.3 is 0 Å². The number of aromatic amines is 1. The Morgan fingerprint density at radius 2 is 2.15 bits per heavy atom. The molecule has 1 saturated heterocycles. The van der Waals surface area contributed by atoms with Crippen LogP contribution in [0.25, 0.3) is 0 Å². The molecule has 7 nitrogen and oxygen atoms in total. The van der Waals surface area contributed by atoms with Crippen molar-refractivity contribution in [2.24, 2.45) is 0 Å². The van der Waals surface area contributed by atoms with Crippen LogP contribution in [0.4, 0.5) is 4.39 Å². The number of hydrogen-bond donors (Lipinski definition) is 2. The Kier molecular flexibility index (Phi) is 5.34. The number of carbonyl (C=O) groups excluding carboxylic acids is 2. The van der Waals surface area contributed by atoms with E-state index in [2.05, 4.69) is 15.3 Å². The van der Waals surface area contributed by atoms with E-state index in [0.29, 0.717) is 35.7 Å². The molecule has 1 aliphatic heterocycles. The monoisotopic (exact) mass is 372 g/mol. The lowest BCUT2D eigenvalue weighted by atomic mass is 10.1. The minimum Gasteiger partial charge on any atom is -0.351 e. The predicted octanol–water partition coefficient (Wildman–Crippen LogP) is 0.986. The standard InChI is InChI=1S/C19H21FN4O3/c1-11-16(19(27)22-12(2)21-11)8-17(25)23-15-7-18(26)24(10-15)9-13-4-3-5-14(20)6-13/h3-6,15H,7-10H2,1-2H3,(H,23,25)(H,21,22,27)/t15-/m1/s1. The fourth-order valence-electron chi connectivity index (χ4n) is 3.28. The number of amides is 2. The first-order chi connectivity index (χ1) is 12.8. The molecular formula is C19H21FN4O3. The van der Waals surface area contributed by atoms with Gasteiger partial charge in [-0.25, -0.2) is 9.37 Å². The molecule has 0 spiro atoms. The largest absolute Gasteiger partial charge is 0.351 e. The Balaban J connectivity index is 1.59. The van der Waals surface area contributed by atoms with Gasteiger partial charge in [-0.05, 0) is 31.5 Å². The number of carbonyl (C=O) groups is 2. The van der Waals surface area contributed by atoms with Crippen molar-refractivity contribution in [2.75, 3.05) is 6.54 Å². The average molecular weight is 372 g/mol. The Bertz CT molecular complexity index is 941. The topological polar surface area (TPSA) is 95.2 Å². The third-order valence-corrected chi connectivity index (χ3v) is 4.52. The van der Waals surface area contributed by atoms with Gasteiger partial charge in [-0.3, -0.25) is 14.4 Å². The molecule has 0 unspecified atom stereocenters. The molecule has 2 N–H and O–H groups in total. The van der Waals surface area contributed by atoms with Crippen LogP contribution in [0.15, 0.2) is 29.1 Å². The minimum atomic E-state index is -0.351. The fraction of sp³-hybridized carbons (Fsp3) is 0.368. The van der Waals surface area contributed by atoms with E-state index in [1.807, 2.05) is 0 Å². The Hall–Kier alpha value is -3.03. The highest BCUT2D eigenvalue weighted by atomic mass is 19.1. The molecule has 1 fully saturated rings. The number of halogens is 1. The van der Waals surface area contributed by atoms with Gasteiger partial charge in [-0.1, -0.05) is 12.1 Å². The Labute approximate surface area is 155 Å². The number of nitrogens with one attached hydrogen (secondary N) is 2. The normalized spacial score (nSPS) is 16.6. The van der Waals surface area contributed by atoms with E-state index in [9.17, 15) is 18.8 Å². The summed E-state index contributed by atoms with van der Waals surface area (Å²) in [7, 11) is 0. The first-order valence-electron chi connectivity index (χ1n) is 8.70. The maximum Gasteiger partial charge on any atom is 0.254 e. The third-order valence-electron chi connectivity index (χ3n) is 4.52. The summed E-state index contributed by atoms with van der Waals surface area (Å²) < 4.78 is 13.3. The molecule has 0 aliphatic carbocycles. The summed E-state index contributed by atoms with van der Waals surface area (Å²) in [6, 6.07) is 5.75. The lowest BCUT2D eigenvalue weighted by Gasteiger charge is -2.17. The number of H-pyrrole nitrogens is 1. The Morgan fingerprint density at radius 3 is 2.85 bits per heavy atom. The molecule has 3 rings (SSSR count). The van der Waals surface area contributed by atoms with E-state index in [-0.39, 0.29) is 42.1 Å². The second-order valence-electron chi connectivity index (χ2n) is 6.76. The van der Waals surface area contributed by atoms with Crippen molar-refractivity contribution in [3.63, 3.8) is 0 Å². The zero-order valence-electron chi connectivity index (χ0n) is 15.2. The van der Waals surface area contributed by atoms with E-state index in [0.717, 1.165) is 0 Å². The number of rotatable bonds is 5. The number of benzene rings is 1. The zero-order chi connectivity index (χ0) is 19.6. The highest BCUT2D eigenvalue weighted by molar-refractivity contribution is 5.83. The summed E-state index contributed by atoms with van der Waals surface area (Å²) in [5, 5.41) is 2.80. The first-order valence-corrected chi connectivity index (χ1v) is 8.70.